The largest absolute Gasteiger partial charge is 0.493 e. The summed E-state index contributed by atoms with van der Waals surface area (Å²) in [7, 11) is 0. The van der Waals surface area contributed by atoms with Crippen LogP contribution in [0.15, 0.2) is 42.6 Å². The fourth-order valence-corrected chi connectivity index (χ4v) is 5.32. The van der Waals surface area contributed by atoms with E-state index >= 15 is 0 Å². The van der Waals surface area contributed by atoms with E-state index in [1.807, 2.05) is 24.4 Å². The summed E-state index contributed by atoms with van der Waals surface area (Å²) in [5.41, 5.74) is 2.27. The van der Waals surface area contributed by atoms with E-state index in [0.717, 1.165) is 34.5 Å². The molecule has 1 aromatic heterocycles. The van der Waals surface area contributed by atoms with Crippen molar-refractivity contribution in [3.63, 3.8) is 0 Å². The third kappa shape index (κ3) is 5.37. The zero-order valence-electron chi connectivity index (χ0n) is 19.4. The fourth-order valence-electron chi connectivity index (χ4n) is 4.98. The first kappa shape index (κ1) is 25.7. The number of nitrogens with zero attached hydrogens (tertiary/aromatic N) is 2. The summed E-state index contributed by atoms with van der Waals surface area (Å²) in [4.78, 5) is 34.8. The molecule has 3 aromatic rings. The number of carbonyl (C=O) groups is 2. The highest BCUT2D eigenvalue weighted by Gasteiger charge is 2.46. The Kier molecular flexibility index (Phi) is 6.99. The van der Waals surface area contributed by atoms with Gasteiger partial charge in [-0.15, -0.1) is 0 Å². The number of aromatic amines is 1. The molecule has 1 amide bonds. The van der Waals surface area contributed by atoms with Crippen molar-refractivity contribution in [3.05, 3.63) is 63.8 Å². The van der Waals surface area contributed by atoms with Crippen molar-refractivity contribution in [3.8, 4) is 0 Å². The van der Waals surface area contributed by atoms with E-state index in [4.69, 9.17) is 28.0 Å². The van der Waals surface area contributed by atoms with Crippen LogP contribution in [0.5, 0.6) is 0 Å². The van der Waals surface area contributed by atoms with Gasteiger partial charge >= 0.3 is 12.1 Å². The van der Waals surface area contributed by atoms with Crippen LogP contribution in [0.25, 0.3) is 10.9 Å². The zero-order valence-corrected chi connectivity index (χ0v) is 21.0. The molecule has 12 heteroatoms. The molecule has 196 valence electrons. The zero-order chi connectivity index (χ0) is 26.3. The van der Waals surface area contributed by atoms with Gasteiger partial charge in [-0.2, -0.15) is 18.2 Å². The number of fused-ring (bicyclic) bond motifs is 2. The molecule has 2 aliphatic heterocycles. The van der Waals surface area contributed by atoms with Gasteiger partial charge < -0.3 is 20.0 Å². The number of carbonyl (C=O) groups excluding carboxylic acids is 2. The molecule has 1 unspecified atom stereocenters. The minimum absolute atomic E-state index is 0.0271. The second-order valence-electron chi connectivity index (χ2n) is 9.21. The van der Waals surface area contributed by atoms with Gasteiger partial charge in [0.2, 0.25) is 0 Å². The number of hydrogen-bond donors (Lipinski definition) is 2. The van der Waals surface area contributed by atoms with Crippen molar-refractivity contribution in [2.24, 2.45) is 5.92 Å². The van der Waals surface area contributed by atoms with Crippen LogP contribution in [-0.4, -0.2) is 53.7 Å². The summed E-state index contributed by atoms with van der Waals surface area (Å²) >= 11 is 12.2. The first-order chi connectivity index (χ1) is 17.6. The summed E-state index contributed by atoms with van der Waals surface area (Å²) < 4.78 is 39.1. The third-order valence-corrected chi connectivity index (χ3v) is 7.36. The maximum absolute atomic E-state index is 13.0. The van der Waals surface area contributed by atoms with Gasteiger partial charge in [-0.1, -0.05) is 23.2 Å². The Morgan fingerprint density at radius 1 is 1.08 bits per heavy atom. The molecule has 2 N–H and O–H groups in total. The van der Waals surface area contributed by atoms with Gasteiger partial charge in [0.15, 0.2) is 0 Å². The number of amides is 1. The Morgan fingerprint density at radius 2 is 1.78 bits per heavy atom. The lowest BCUT2D eigenvalue weighted by Crippen LogP contribution is -2.59. The minimum Gasteiger partial charge on any atom is -0.361 e. The molecule has 2 aromatic carbocycles. The van der Waals surface area contributed by atoms with Crippen molar-refractivity contribution in [2.75, 3.05) is 24.7 Å². The molecule has 7 nitrogen and oxygen atoms in total. The van der Waals surface area contributed by atoms with Gasteiger partial charge in [0.1, 0.15) is 6.17 Å². The molecule has 0 aliphatic carbocycles. The smallest absolute Gasteiger partial charge is 0.361 e. The summed E-state index contributed by atoms with van der Waals surface area (Å²) in [6, 6.07) is 9.87. The number of H-pyrrole nitrogens is 1. The first-order valence-electron chi connectivity index (χ1n) is 11.8. The summed E-state index contributed by atoms with van der Waals surface area (Å²) in [6.45, 7) is 2.13. The van der Waals surface area contributed by atoms with E-state index in [2.05, 4.69) is 15.2 Å². The second-order valence-corrected chi connectivity index (χ2v) is 10.1. The molecule has 1 fully saturated rings. The maximum Gasteiger partial charge on any atom is 0.493 e. The number of rotatable bonds is 5. The quantitative estimate of drug-likeness (QED) is 0.446. The number of benzene rings is 2. The molecular formula is C25H23Cl2F3N4O3. The topological polar surface area (TPSA) is 77.7 Å². The van der Waals surface area contributed by atoms with E-state index in [1.165, 1.54) is 18.2 Å². The summed E-state index contributed by atoms with van der Waals surface area (Å²) in [6.07, 6.45) is -2.21. The standard InChI is InChI=1S/C25H23Cl2F3N4O3/c26-16-2-4-20-19(11-16)15(13-31-20)7-10-33-8-5-14(6-9-33)22-32-23(35)18-3-1-17(27)12-21(18)34(22)37-24(36)25(28,29)30/h1-4,11-14,22,31H,5-10H2,(H,32,35). The predicted molar refractivity (Wildman–Crippen MR) is 134 cm³/mol. The van der Waals surface area contributed by atoms with Crippen LogP contribution in [0, 0.1) is 5.92 Å². The fraction of sp³-hybridized carbons (Fsp3) is 0.360. The van der Waals surface area contributed by atoms with Gasteiger partial charge in [0.25, 0.3) is 5.91 Å². The molecule has 1 saturated heterocycles. The Bertz CT molecular complexity index is 1340. The molecule has 0 bridgehead atoms. The van der Waals surface area contributed by atoms with Gasteiger partial charge in [0, 0.05) is 39.6 Å². The molecule has 0 spiro atoms. The number of nitrogens with one attached hydrogen (secondary N) is 2. The van der Waals surface area contributed by atoms with Crippen molar-refractivity contribution < 1.29 is 27.6 Å². The average Bonchev–Trinajstić information content (AvgIpc) is 3.26. The third-order valence-electron chi connectivity index (χ3n) is 6.89. The van der Waals surface area contributed by atoms with Gasteiger partial charge in [0.05, 0.1) is 11.3 Å². The Labute approximate surface area is 220 Å². The average molecular weight is 555 g/mol. The first-order valence-corrected chi connectivity index (χ1v) is 12.5. The van der Waals surface area contributed by atoms with Gasteiger partial charge in [-0.3, -0.25) is 4.79 Å². The van der Waals surface area contributed by atoms with Crippen molar-refractivity contribution in [1.29, 1.82) is 0 Å². The van der Waals surface area contributed by atoms with E-state index in [0.29, 0.717) is 31.0 Å². The number of alkyl halides is 3. The highest BCUT2D eigenvalue weighted by atomic mass is 35.5. The number of halogens is 5. The lowest BCUT2D eigenvalue weighted by Gasteiger charge is -2.43. The molecular weight excluding hydrogens is 532 g/mol. The monoisotopic (exact) mass is 554 g/mol. The maximum atomic E-state index is 13.0. The van der Waals surface area contributed by atoms with Crippen molar-refractivity contribution in [1.82, 2.24) is 15.2 Å². The van der Waals surface area contributed by atoms with Crippen molar-refractivity contribution >= 4 is 51.7 Å². The Hall–Kier alpha value is -2.95. The van der Waals surface area contributed by atoms with E-state index in [9.17, 15) is 22.8 Å². The van der Waals surface area contributed by atoms with Crippen LogP contribution in [0.1, 0.15) is 28.8 Å². The van der Waals surface area contributed by atoms with Crippen LogP contribution >= 0.6 is 23.2 Å². The molecule has 1 atom stereocenters. The minimum atomic E-state index is -5.19. The Balaban J connectivity index is 1.28. The number of hydrogen-bond acceptors (Lipinski definition) is 5. The molecule has 5 rings (SSSR count). The lowest BCUT2D eigenvalue weighted by atomic mass is 9.91. The summed E-state index contributed by atoms with van der Waals surface area (Å²) in [5, 5.41) is 5.53. The number of aromatic nitrogens is 1. The lowest BCUT2D eigenvalue weighted by molar-refractivity contribution is -0.203. The van der Waals surface area contributed by atoms with Crippen LogP contribution in [-0.2, 0) is 16.1 Å². The number of anilines is 1. The second kappa shape index (κ2) is 10.1. The number of likely N-dealkylation sites (tertiary alicyclic amines) is 1. The van der Waals surface area contributed by atoms with Crippen LogP contribution in [0.4, 0.5) is 18.9 Å². The van der Waals surface area contributed by atoms with Gasteiger partial charge in [-0.05, 0) is 74.3 Å². The van der Waals surface area contributed by atoms with E-state index < -0.39 is 24.2 Å². The number of hydroxylamine groups is 1. The highest BCUT2D eigenvalue weighted by Crippen LogP contribution is 2.35. The van der Waals surface area contributed by atoms with E-state index in [1.54, 1.807) is 0 Å². The van der Waals surface area contributed by atoms with Crippen molar-refractivity contribution in [2.45, 2.75) is 31.6 Å². The van der Waals surface area contributed by atoms with Gasteiger partial charge in [-0.25, -0.2) is 4.79 Å². The molecule has 2 aliphatic rings. The highest BCUT2D eigenvalue weighted by molar-refractivity contribution is 6.31. The molecule has 3 heterocycles. The van der Waals surface area contributed by atoms with E-state index in [-0.39, 0.29) is 22.2 Å². The van der Waals surface area contributed by atoms with Crippen LogP contribution < -0.4 is 10.4 Å². The SMILES string of the molecule is O=C1NC(C2CCN(CCc3c[nH]c4ccc(Cl)cc34)CC2)N(OC(=O)C(F)(F)F)c2cc(Cl)ccc21. The number of piperidine rings is 1. The van der Waals surface area contributed by atoms with Crippen LogP contribution in [0.2, 0.25) is 10.0 Å². The summed E-state index contributed by atoms with van der Waals surface area (Å²) in [5.74, 6) is -3.08. The molecule has 0 saturated carbocycles. The molecule has 0 radical (unpaired) electrons. The predicted octanol–water partition coefficient (Wildman–Crippen LogP) is 5.33. The normalized spacial score (nSPS) is 19.1. The van der Waals surface area contributed by atoms with Crippen LogP contribution in [0.3, 0.4) is 0 Å². The Morgan fingerprint density at radius 3 is 2.51 bits per heavy atom. The molecule has 37 heavy (non-hydrogen) atoms.